The molecule has 4 nitrogen and oxygen atoms in total. The minimum absolute atomic E-state index is 0.0597. The highest BCUT2D eigenvalue weighted by atomic mass is 35.5. The molecule has 2 fully saturated rings. The Hall–Kier alpha value is -0.770. The van der Waals surface area contributed by atoms with Gasteiger partial charge >= 0.3 is 5.97 Å². The van der Waals surface area contributed by atoms with Crippen LogP contribution in [-0.2, 0) is 9.59 Å². The van der Waals surface area contributed by atoms with E-state index >= 15 is 0 Å². The second kappa shape index (κ2) is 3.12. The lowest BCUT2D eigenvalue weighted by Gasteiger charge is -2.23. The van der Waals surface area contributed by atoms with Crippen LogP contribution in [0.15, 0.2) is 0 Å². The van der Waals surface area contributed by atoms with Crippen LogP contribution in [0.2, 0.25) is 0 Å². The Balaban J connectivity index is 2.13. The van der Waals surface area contributed by atoms with Crippen LogP contribution >= 0.6 is 11.6 Å². The van der Waals surface area contributed by atoms with Gasteiger partial charge in [0, 0.05) is 18.8 Å². The molecule has 1 atom stereocenters. The number of rotatable bonds is 3. The lowest BCUT2D eigenvalue weighted by Crippen LogP contribution is -2.44. The number of nitrogens with zero attached hydrogens (tertiary/aromatic N) is 1. The minimum atomic E-state index is -0.877. The fourth-order valence-electron chi connectivity index (χ4n) is 2.02. The predicted octanol–water partition coefficient (Wildman–Crippen LogP) is 0.691. The lowest BCUT2D eigenvalue weighted by atomic mass is 10.1. The summed E-state index contributed by atoms with van der Waals surface area (Å²) in [6.07, 6.45) is 1.57. The Morgan fingerprint density at radius 2 is 2.29 bits per heavy atom. The molecule has 1 amide bonds. The summed E-state index contributed by atoms with van der Waals surface area (Å²) in [4.78, 5) is 24.0. The van der Waals surface area contributed by atoms with Crippen LogP contribution in [0.5, 0.6) is 0 Å². The SMILES string of the molecule is O=C1CC(CCl)CN1C1(C(=O)O)CC1. The van der Waals surface area contributed by atoms with Gasteiger partial charge in [-0.15, -0.1) is 11.6 Å². The Labute approximate surface area is 86.8 Å². The van der Waals surface area contributed by atoms with E-state index in [1.807, 2.05) is 0 Å². The van der Waals surface area contributed by atoms with E-state index in [-0.39, 0.29) is 11.8 Å². The fourth-order valence-corrected chi connectivity index (χ4v) is 2.22. The smallest absolute Gasteiger partial charge is 0.329 e. The molecule has 78 valence electrons. The first-order valence-corrected chi connectivity index (χ1v) is 5.23. The number of amides is 1. The predicted molar refractivity (Wildman–Crippen MR) is 50.1 cm³/mol. The number of likely N-dealkylation sites (tertiary alicyclic amines) is 1. The normalized spacial score (nSPS) is 29.4. The van der Waals surface area contributed by atoms with Gasteiger partial charge in [0.25, 0.3) is 0 Å². The van der Waals surface area contributed by atoms with Crippen LogP contribution in [0.1, 0.15) is 19.3 Å². The number of carbonyl (C=O) groups excluding carboxylic acids is 1. The number of hydrogen-bond acceptors (Lipinski definition) is 2. The van der Waals surface area contributed by atoms with Crippen LogP contribution in [0, 0.1) is 5.92 Å². The lowest BCUT2D eigenvalue weighted by molar-refractivity contribution is -0.150. The number of alkyl halides is 1. The van der Waals surface area contributed by atoms with E-state index in [9.17, 15) is 9.59 Å². The number of carboxylic acid groups (broad SMARTS) is 1. The zero-order valence-corrected chi connectivity index (χ0v) is 8.46. The zero-order chi connectivity index (χ0) is 10.3. The average Bonchev–Trinajstić information content (AvgIpc) is 2.86. The van der Waals surface area contributed by atoms with Crippen molar-refractivity contribution in [3.63, 3.8) is 0 Å². The van der Waals surface area contributed by atoms with E-state index in [2.05, 4.69) is 0 Å². The molecule has 2 rings (SSSR count). The van der Waals surface area contributed by atoms with Crippen molar-refractivity contribution >= 4 is 23.5 Å². The first-order valence-electron chi connectivity index (χ1n) is 4.70. The minimum Gasteiger partial charge on any atom is -0.479 e. The number of hydrogen-bond donors (Lipinski definition) is 1. The van der Waals surface area contributed by atoms with Crippen LogP contribution in [-0.4, -0.2) is 39.8 Å². The molecular weight excluding hydrogens is 206 g/mol. The van der Waals surface area contributed by atoms with Crippen LogP contribution in [0.25, 0.3) is 0 Å². The van der Waals surface area contributed by atoms with Gasteiger partial charge in [-0.2, -0.15) is 0 Å². The van der Waals surface area contributed by atoms with Gasteiger partial charge in [-0.05, 0) is 18.8 Å². The summed E-state index contributed by atoms with van der Waals surface area (Å²) in [5.74, 6) is -0.379. The number of carbonyl (C=O) groups is 2. The quantitative estimate of drug-likeness (QED) is 0.708. The van der Waals surface area contributed by atoms with Gasteiger partial charge in [-0.3, -0.25) is 4.79 Å². The average molecular weight is 218 g/mol. The van der Waals surface area contributed by atoms with Gasteiger partial charge in [0.15, 0.2) is 0 Å². The summed E-state index contributed by atoms with van der Waals surface area (Å²) in [5.41, 5.74) is -0.877. The maximum Gasteiger partial charge on any atom is 0.329 e. The van der Waals surface area contributed by atoms with Crippen molar-refractivity contribution in [2.24, 2.45) is 5.92 Å². The Bertz CT molecular complexity index is 288. The van der Waals surface area contributed by atoms with Gasteiger partial charge in [0.1, 0.15) is 5.54 Å². The van der Waals surface area contributed by atoms with Crippen molar-refractivity contribution in [3.8, 4) is 0 Å². The molecule has 1 heterocycles. The molecule has 1 aliphatic heterocycles. The summed E-state index contributed by atoms with van der Waals surface area (Å²) in [7, 11) is 0. The second-order valence-electron chi connectivity index (χ2n) is 4.07. The number of aliphatic carboxylic acids is 1. The molecule has 5 heteroatoms. The van der Waals surface area contributed by atoms with Crippen molar-refractivity contribution in [3.05, 3.63) is 0 Å². The van der Waals surface area contributed by atoms with Crippen molar-refractivity contribution in [1.82, 2.24) is 4.90 Å². The standard InChI is InChI=1S/C9H12ClNO3/c10-4-6-3-7(12)11(5-6)9(1-2-9)8(13)14/h6H,1-5H2,(H,13,14). The third-order valence-electron chi connectivity index (χ3n) is 3.06. The highest BCUT2D eigenvalue weighted by Crippen LogP contribution is 2.45. The third-order valence-corrected chi connectivity index (χ3v) is 3.50. The fraction of sp³-hybridized carbons (Fsp3) is 0.778. The summed E-state index contributed by atoms with van der Waals surface area (Å²) in [5, 5.41) is 9.01. The summed E-state index contributed by atoms with van der Waals surface area (Å²) in [6, 6.07) is 0. The number of carboxylic acids is 1. The number of halogens is 1. The van der Waals surface area contributed by atoms with E-state index in [0.29, 0.717) is 31.7 Å². The van der Waals surface area contributed by atoms with E-state index < -0.39 is 11.5 Å². The van der Waals surface area contributed by atoms with E-state index in [1.54, 1.807) is 0 Å². The molecule has 0 aromatic heterocycles. The van der Waals surface area contributed by atoms with Crippen LogP contribution in [0.3, 0.4) is 0 Å². The van der Waals surface area contributed by atoms with Crippen molar-refractivity contribution in [2.75, 3.05) is 12.4 Å². The topological polar surface area (TPSA) is 57.6 Å². The first-order chi connectivity index (χ1) is 6.60. The van der Waals surface area contributed by atoms with Crippen molar-refractivity contribution < 1.29 is 14.7 Å². The molecule has 2 aliphatic rings. The molecule has 14 heavy (non-hydrogen) atoms. The van der Waals surface area contributed by atoms with E-state index in [4.69, 9.17) is 16.7 Å². The molecule has 1 aliphatic carbocycles. The molecule has 0 radical (unpaired) electrons. The molecule has 0 aromatic carbocycles. The van der Waals surface area contributed by atoms with Crippen molar-refractivity contribution in [1.29, 1.82) is 0 Å². The third kappa shape index (κ3) is 1.29. The first kappa shape index (κ1) is 9.77. The second-order valence-corrected chi connectivity index (χ2v) is 4.37. The van der Waals surface area contributed by atoms with Gasteiger partial charge in [0.2, 0.25) is 5.91 Å². The van der Waals surface area contributed by atoms with Gasteiger partial charge < -0.3 is 10.0 Å². The molecular formula is C9H12ClNO3. The molecule has 1 unspecified atom stereocenters. The van der Waals surface area contributed by atoms with Crippen molar-refractivity contribution in [2.45, 2.75) is 24.8 Å². The Kier molecular flexibility index (Phi) is 2.18. The molecule has 0 aromatic rings. The molecule has 0 bridgehead atoms. The van der Waals surface area contributed by atoms with Crippen LogP contribution < -0.4 is 0 Å². The zero-order valence-electron chi connectivity index (χ0n) is 7.70. The summed E-state index contributed by atoms with van der Waals surface area (Å²) < 4.78 is 0. The van der Waals surface area contributed by atoms with Gasteiger partial charge in [0.05, 0.1) is 0 Å². The Morgan fingerprint density at radius 3 is 2.64 bits per heavy atom. The van der Waals surface area contributed by atoms with Gasteiger partial charge in [-0.1, -0.05) is 0 Å². The van der Waals surface area contributed by atoms with Gasteiger partial charge in [-0.25, -0.2) is 4.79 Å². The molecule has 1 saturated carbocycles. The Morgan fingerprint density at radius 1 is 1.64 bits per heavy atom. The molecule has 1 N–H and O–H groups in total. The summed E-state index contributed by atoms with van der Waals surface area (Å²) in [6.45, 7) is 0.509. The largest absolute Gasteiger partial charge is 0.479 e. The molecule has 1 saturated heterocycles. The highest BCUT2D eigenvalue weighted by molar-refractivity contribution is 6.18. The van der Waals surface area contributed by atoms with E-state index in [0.717, 1.165) is 0 Å². The molecule has 0 spiro atoms. The maximum absolute atomic E-state index is 11.5. The summed E-state index contributed by atoms with van der Waals surface area (Å²) >= 11 is 5.66. The maximum atomic E-state index is 11.5. The highest BCUT2D eigenvalue weighted by Gasteiger charge is 2.58. The van der Waals surface area contributed by atoms with E-state index in [1.165, 1.54) is 4.90 Å². The monoisotopic (exact) mass is 217 g/mol. The van der Waals surface area contributed by atoms with Crippen LogP contribution in [0.4, 0.5) is 0 Å².